The second kappa shape index (κ2) is 11.3. The zero-order valence-electron chi connectivity index (χ0n) is 28.6. The maximum Gasteiger partial charge on any atom is 0.143 e. The molecule has 0 unspecified atom stereocenters. The molecule has 0 saturated heterocycles. The topological polar surface area (TPSA) is 16.4 Å². The summed E-state index contributed by atoms with van der Waals surface area (Å²) in [7, 11) is 0. The molecule has 2 nitrogen and oxygen atoms in total. The first-order valence-corrected chi connectivity index (χ1v) is 17.7. The Hall–Kier alpha value is -6.38. The summed E-state index contributed by atoms with van der Waals surface area (Å²) in [6.45, 7) is 4.73. The minimum atomic E-state index is -0.162. The lowest BCUT2D eigenvalue weighted by molar-refractivity contribution is 0.660. The van der Waals surface area contributed by atoms with Crippen LogP contribution in [0.25, 0.3) is 66.1 Å². The largest absolute Gasteiger partial charge is 0.455 e. The van der Waals surface area contributed by atoms with Crippen molar-refractivity contribution in [2.45, 2.75) is 19.3 Å². The van der Waals surface area contributed by atoms with Gasteiger partial charge in [0.1, 0.15) is 11.2 Å². The smallest absolute Gasteiger partial charge is 0.143 e. The third kappa shape index (κ3) is 4.57. The number of furan rings is 1. The van der Waals surface area contributed by atoms with Crippen LogP contribution in [0, 0.1) is 0 Å². The fraction of sp³-hybridized carbons (Fsp3) is 0.0612. The van der Waals surface area contributed by atoms with Crippen molar-refractivity contribution in [3.05, 3.63) is 187 Å². The Bertz CT molecular complexity index is 2770. The van der Waals surface area contributed by atoms with Crippen molar-refractivity contribution in [1.29, 1.82) is 0 Å². The highest BCUT2D eigenvalue weighted by Crippen LogP contribution is 2.54. The summed E-state index contributed by atoms with van der Waals surface area (Å²) in [5.41, 5.74) is 15.2. The Balaban J connectivity index is 1.14. The van der Waals surface area contributed by atoms with Gasteiger partial charge in [-0.3, -0.25) is 0 Å². The van der Waals surface area contributed by atoms with Crippen LogP contribution in [-0.2, 0) is 5.41 Å². The fourth-order valence-corrected chi connectivity index (χ4v) is 8.37. The minimum absolute atomic E-state index is 0.162. The number of hydrogen-bond donors (Lipinski definition) is 0. The van der Waals surface area contributed by atoms with E-state index in [-0.39, 0.29) is 5.41 Å². The van der Waals surface area contributed by atoms with Crippen LogP contribution in [0.1, 0.15) is 25.0 Å². The average Bonchev–Trinajstić information content (AvgIpc) is 3.68. The summed E-state index contributed by atoms with van der Waals surface area (Å²) >= 11 is 0. The number of hydrogen-bond acceptors (Lipinski definition) is 2. The van der Waals surface area contributed by atoms with E-state index in [1.807, 2.05) is 12.1 Å². The molecule has 51 heavy (non-hydrogen) atoms. The predicted molar refractivity (Wildman–Crippen MR) is 214 cm³/mol. The Morgan fingerprint density at radius 3 is 1.96 bits per heavy atom. The van der Waals surface area contributed by atoms with Gasteiger partial charge in [-0.25, -0.2) is 0 Å². The molecule has 0 atom stereocenters. The first kappa shape index (κ1) is 29.5. The van der Waals surface area contributed by atoms with Crippen LogP contribution in [0.15, 0.2) is 180 Å². The summed E-state index contributed by atoms with van der Waals surface area (Å²) in [4.78, 5) is 2.42. The molecule has 0 bridgehead atoms. The molecule has 242 valence electrons. The van der Waals surface area contributed by atoms with Gasteiger partial charge in [0.2, 0.25) is 0 Å². The summed E-state index contributed by atoms with van der Waals surface area (Å²) in [6, 6.07) is 63.6. The van der Waals surface area contributed by atoms with Crippen LogP contribution < -0.4 is 4.90 Å². The van der Waals surface area contributed by atoms with E-state index in [1.165, 1.54) is 44.2 Å². The number of para-hydroxylation sites is 2. The lowest BCUT2D eigenvalue weighted by Gasteiger charge is -2.29. The van der Waals surface area contributed by atoms with Gasteiger partial charge in [0.25, 0.3) is 0 Å². The highest BCUT2D eigenvalue weighted by molar-refractivity contribution is 6.09. The van der Waals surface area contributed by atoms with E-state index in [0.717, 1.165) is 50.1 Å². The fourth-order valence-electron chi connectivity index (χ4n) is 8.37. The zero-order chi connectivity index (χ0) is 34.1. The summed E-state index contributed by atoms with van der Waals surface area (Å²) in [5.74, 6) is 0. The molecule has 1 heterocycles. The molecule has 0 amide bonds. The molecule has 1 aliphatic rings. The highest BCUT2D eigenvalue weighted by atomic mass is 16.3. The standard InChI is InChI=1S/C49H35NO/c1-49(2)43-22-12-19-38(33-13-4-3-5-14-33)47(43)42-30-29-36(31-44(42)49)50(45-23-10-16-32-15-6-7-17-37(32)45)35-27-25-34(26-28-35)39-20-11-21-41-40-18-8-9-24-46(40)51-48(39)41/h3-31H,1-2H3. The van der Waals surface area contributed by atoms with Crippen LogP contribution in [0.4, 0.5) is 17.1 Å². The second-order valence-corrected chi connectivity index (χ2v) is 14.1. The van der Waals surface area contributed by atoms with Crippen molar-refractivity contribution in [3.8, 4) is 33.4 Å². The Kier molecular flexibility index (Phi) is 6.56. The molecule has 0 saturated carbocycles. The van der Waals surface area contributed by atoms with Gasteiger partial charge in [0, 0.05) is 38.5 Å². The highest BCUT2D eigenvalue weighted by Gasteiger charge is 2.37. The van der Waals surface area contributed by atoms with Gasteiger partial charge in [0.15, 0.2) is 0 Å². The minimum Gasteiger partial charge on any atom is -0.455 e. The van der Waals surface area contributed by atoms with E-state index in [9.17, 15) is 0 Å². The van der Waals surface area contributed by atoms with Gasteiger partial charge in [-0.05, 0) is 80.7 Å². The maximum atomic E-state index is 6.42. The summed E-state index contributed by atoms with van der Waals surface area (Å²) < 4.78 is 6.42. The first-order chi connectivity index (χ1) is 25.1. The van der Waals surface area contributed by atoms with Crippen LogP contribution in [0.2, 0.25) is 0 Å². The molecule has 1 aliphatic carbocycles. The Labute approximate surface area is 297 Å². The molecular weight excluding hydrogens is 619 g/mol. The molecule has 0 spiro atoms. The number of rotatable bonds is 5. The van der Waals surface area contributed by atoms with E-state index >= 15 is 0 Å². The van der Waals surface area contributed by atoms with Crippen LogP contribution in [0.5, 0.6) is 0 Å². The average molecular weight is 654 g/mol. The van der Waals surface area contributed by atoms with Crippen LogP contribution >= 0.6 is 0 Å². The third-order valence-corrected chi connectivity index (χ3v) is 10.9. The predicted octanol–water partition coefficient (Wildman–Crippen LogP) is 13.8. The van der Waals surface area contributed by atoms with Gasteiger partial charge in [-0.1, -0.05) is 153 Å². The van der Waals surface area contributed by atoms with Gasteiger partial charge >= 0.3 is 0 Å². The molecule has 0 N–H and O–H groups in total. The van der Waals surface area contributed by atoms with E-state index in [0.29, 0.717) is 0 Å². The molecule has 0 radical (unpaired) electrons. The van der Waals surface area contributed by atoms with E-state index in [1.54, 1.807) is 0 Å². The van der Waals surface area contributed by atoms with Crippen molar-refractivity contribution < 1.29 is 4.42 Å². The van der Waals surface area contributed by atoms with Crippen LogP contribution in [-0.4, -0.2) is 0 Å². The zero-order valence-corrected chi connectivity index (χ0v) is 28.6. The van der Waals surface area contributed by atoms with E-state index in [2.05, 4.69) is 183 Å². The number of fused-ring (bicyclic) bond motifs is 7. The van der Waals surface area contributed by atoms with E-state index in [4.69, 9.17) is 4.42 Å². The van der Waals surface area contributed by atoms with Crippen molar-refractivity contribution >= 4 is 49.8 Å². The van der Waals surface area contributed by atoms with Gasteiger partial charge in [-0.2, -0.15) is 0 Å². The normalized spacial score (nSPS) is 13.1. The van der Waals surface area contributed by atoms with Gasteiger partial charge in [-0.15, -0.1) is 0 Å². The van der Waals surface area contributed by atoms with Crippen molar-refractivity contribution in [1.82, 2.24) is 0 Å². The molecule has 8 aromatic carbocycles. The molecule has 1 aromatic heterocycles. The van der Waals surface area contributed by atoms with Crippen LogP contribution in [0.3, 0.4) is 0 Å². The monoisotopic (exact) mass is 653 g/mol. The molecule has 9 aromatic rings. The maximum absolute atomic E-state index is 6.42. The quantitative estimate of drug-likeness (QED) is 0.184. The molecule has 10 rings (SSSR count). The summed E-state index contributed by atoms with van der Waals surface area (Å²) in [6.07, 6.45) is 0. The third-order valence-electron chi connectivity index (χ3n) is 10.9. The Morgan fingerprint density at radius 2 is 1.10 bits per heavy atom. The lowest BCUT2D eigenvalue weighted by atomic mass is 9.81. The van der Waals surface area contributed by atoms with Gasteiger partial charge in [0.05, 0.1) is 5.69 Å². The van der Waals surface area contributed by atoms with E-state index < -0.39 is 0 Å². The second-order valence-electron chi connectivity index (χ2n) is 14.1. The Morgan fingerprint density at radius 1 is 0.451 bits per heavy atom. The summed E-state index contributed by atoms with van der Waals surface area (Å²) in [5, 5.41) is 4.72. The molecule has 0 fully saturated rings. The molecule has 2 heteroatoms. The number of benzene rings is 8. The molecule has 0 aliphatic heterocycles. The van der Waals surface area contributed by atoms with Gasteiger partial charge < -0.3 is 9.32 Å². The number of nitrogens with zero attached hydrogens (tertiary/aromatic N) is 1. The van der Waals surface area contributed by atoms with Crippen molar-refractivity contribution in [2.24, 2.45) is 0 Å². The first-order valence-electron chi connectivity index (χ1n) is 17.7. The SMILES string of the molecule is CC1(C)c2cc(N(c3ccc(-c4cccc5c4oc4ccccc45)cc3)c3cccc4ccccc34)ccc2-c2c(-c3ccccc3)cccc21. The van der Waals surface area contributed by atoms with Crippen molar-refractivity contribution in [2.75, 3.05) is 4.90 Å². The number of anilines is 3. The molecular formula is C49H35NO. The van der Waals surface area contributed by atoms with Crippen molar-refractivity contribution in [3.63, 3.8) is 0 Å². The lowest BCUT2D eigenvalue weighted by Crippen LogP contribution is -2.16.